The number of unbranched alkanes of at least 4 members (excludes halogenated alkanes) is 1. The van der Waals surface area contributed by atoms with Gasteiger partial charge in [-0.05, 0) is 24.6 Å². The highest BCUT2D eigenvalue weighted by molar-refractivity contribution is 7.15. The van der Waals surface area contributed by atoms with E-state index < -0.39 is 0 Å². The van der Waals surface area contributed by atoms with E-state index in [1.165, 1.54) is 18.4 Å². The summed E-state index contributed by atoms with van der Waals surface area (Å²) in [6.07, 6.45) is 2.99. The Morgan fingerprint density at radius 3 is 2.45 bits per heavy atom. The van der Waals surface area contributed by atoms with Crippen LogP contribution in [0.2, 0.25) is 0 Å². The minimum Gasteiger partial charge on any atom is -0.493 e. The van der Waals surface area contributed by atoms with Crippen LogP contribution in [0.5, 0.6) is 17.2 Å². The molecule has 0 bridgehead atoms. The Kier molecular flexibility index (Phi) is 6.65. The van der Waals surface area contributed by atoms with Crippen LogP contribution in [-0.4, -0.2) is 47.6 Å². The molecule has 2 heterocycles. The van der Waals surface area contributed by atoms with Crippen molar-refractivity contribution in [1.82, 2.24) is 20.4 Å². The molecule has 29 heavy (non-hydrogen) atoms. The Morgan fingerprint density at radius 2 is 1.83 bits per heavy atom. The van der Waals surface area contributed by atoms with Gasteiger partial charge in [0.1, 0.15) is 10.7 Å². The first-order chi connectivity index (χ1) is 14.1. The van der Waals surface area contributed by atoms with E-state index in [0.717, 1.165) is 24.3 Å². The number of hydrogen-bond donors (Lipinski definition) is 2. The summed E-state index contributed by atoms with van der Waals surface area (Å²) in [5.74, 6) is 1.16. The number of carbonyl (C=O) groups excluding carboxylic acids is 1. The van der Waals surface area contributed by atoms with E-state index in [9.17, 15) is 4.79 Å². The van der Waals surface area contributed by atoms with Crippen LogP contribution in [0, 0.1) is 0 Å². The second kappa shape index (κ2) is 9.37. The van der Waals surface area contributed by atoms with Gasteiger partial charge in [-0.15, -0.1) is 10.2 Å². The fraction of sp³-hybridized carbons (Fsp3) is 0.368. The van der Waals surface area contributed by atoms with E-state index in [0.29, 0.717) is 39.3 Å². The van der Waals surface area contributed by atoms with Crippen LogP contribution in [-0.2, 0) is 6.42 Å². The first-order valence-electron chi connectivity index (χ1n) is 9.09. The Morgan fingerprint density at radius 1 is 1.10 bits per heavy atom. The number of nitrogens with one attached hydrogen (secondary N) is 2. The first-order valence-corrected chi connectivity index (χ1v) is 9.90. The number of benzene rings is 1. The standard InChI is InChI=1S/C19H23N5O4S/c1-5-6-7-16-23-24-19(29-16)20-18(25)13-10-12(21-22-13)11-8-14(26-2)17(28-4)15(9-11)27-3/h8-10H,5-7H2,1-4H3,(H,21,22)(H,20,24,25). The zero-order valence-electron chi connectivity index (χ0n) is 16.7. The van der Waals surface area contributed by atoms with Crippen LogP contribution in [0.4, 0.5) is 5.13 Å². The van der Waals surface area contributed by atoms with Crippen LogP contribution < -0.4 is 19.5 Å². The van der Waals surface area contributed by atoms with Crippen LogP contribution in [0.3, 0.4) is 0 Å². The third kappa shape index (κ3) is 4.65. The van der Waals surface area contributed by atoms with E-state index in [2.05, 4.69) is 32.6 Å². The summed E-state index contributed by atoms with van der Waals surface area (Å²) >= 11 is 1.38. The summed E-state index contributed by atoms with van der Waals surface area (Å²) in [6, 6.07) is 5.18. The summed E-state index contributed by atoms with van der Waals surface area (Å²) in [5.41, 5.74) is 1.59. The third-order valence-electron chi connectivity index (χ3n) is 4.21. The summed E-state index contributed by atoms with van der Waals surface area (Å²) in [7, 11) is 4.63. The number of nitrogens with zero attached hydrogens (tertiary/aromatic N) is 3. The summed E-state index contributed by atoms with van der Waals surface area (Å²) < 4.78 is 16.1. The van der Waals surface area contributed by atoms with Crippen molar-refractivity contribution in [1.29, 1.82) is 0 Å². The molecule has 0 radical (unpaired) electrons. The molecule has 0 aliphatic rings. The average Bonchev–Trinajstić information content (AvgIpc) is 3.40. The van der Waals surface area contributed by atoms with Crippen molar-refractivity contribution in [3.63, 3.8) is 0 Å². The molecule has 0 saturated carbocycles. The molecule has 1 aromatic carbocycles. The van der Waals surface area contributed by atoms with Crippen LogP contribution in [0.1, 0.15) is 35.3 Å². The molecule has 9 nitrogen and oxygen atoms in total. The predicted molar refractivity (Wildman–Crippen MR) is 110 cm³/mol. The van der Waals surface area contributed by atoms with Gasteiger partial charge in [-0.2, -0.15) is 5.10 Å². The van der Waals surface area contributed by atoms with Gasteiger partial charge in [-0.3, -0.25) is 15.2 Å². The Bertz CT molecular complexity index is 960. The second-order valence-electron chi connectivity index (χ2n) is 6.14. The lowest BCUT2D eigenvalue weighted by Crippen LogP contribution is -2.12. The molecule has 2 N–H and O–H groups in total. The molecule has 0 spiro atoms. The zero-order valence-corrected chi connectivity index (χ0v) is 17.6. The van der Waals surface area contributed by atoms with Gasteiger partial charge in [0.2, 0.25) is 10.9 Å². The molecule has 0 fully saturated rings. The Labute approximate surface area is 172 Å². The molecule has 2 aromatic heterocycles. The number of methoxy groups -OCH3 is 3. The number of aryl methyl sites for hydroxylation is 1. The number of amides is 1. The second-order valence-corrected chi connectivity index (χ2v) is 7.20. The van der Waals surface area contributed by atoms with E-state index in [1.54, 1.807) is 32.4 Å². The fourth-order valence-electron chi connectivity index (χ4n) is 2.71. The summed E-state index contributed by atoms with van der Waals surface area (Å²) in [6.45, 7) is 2.12. The SMILES string of the molecule is CCCCc1nnc(NC(=O)c2cc(-c3cc(OC)c(OC)c(OC)c3)n[nH]2)s1. The van der Waals surface area contributed by atoms with E-state index in [-0.39, 0.29) is 5.91 Å². The van der Waals surface area contributed by atoms with Gasteiger partial charge >= 0.3 is 0 Å². The van der Waals surface area contributed by atoms with Crippen molar-refractivity contribution in [2.45, 2.75) is 26.2 Å². The maximum Gasteiger partial charge on any atom is 0.275 e. The number of aromatic amines is 1. The summed E-state index contributed by atoms with van der Waals surface area (Å²) in [5, 5.41) is 19.2. The third-order valence-corrected chi connectivity index (χ3v) is 5.11. The van der Waals surface area contributed by atoms with Gasteiger partial charge in [-0.25, -0.2) is 0 Å². The fourth-order valence-corrected chi connectivity index (χ4v) is 3.49. The van der Waals surface area contributed by atoms with Crippen molar-refractivity contribution in [2.75, 3.05) is 26.6 Å². The molecule has 154 valence electrons. The lowest BCUT2D eigenvalue weighted by molar-refractivity contribution is 0.102. The van der Waals surface area contributed by atoms with Crippen molar-refractivity contribution in [2.24, 2.45) is 0 Å². The smallest absolute Gasteiger partial charge is 0.275 e. The number of carbonyl (C=O) groups is 1. The van der Waals surface area contributed by atoms with E-state index >= 15 is 0 Å². The minimum atomic E-state index is -0.339. The minimum absolute atomic E-state index is 0.305. The number of aromatic nitrogens is 4. The van der Waals surface area contributed by atoms with Gasteiger partial charge in [-0.1, -0.05) is 24.7 Å². The number of hydrogen-bond acceptors (Lipinski definition) is 8. The number of ether oxygens (including phenoxy) is 3. The van der Waals surface area contributed by atoms with E-state index in [1.807, 2.05) is 0 Å². The van der Waals surface area contributed by atoms with Crippen molar-refractivity contribution < 1.29 is 19.0 Å². The van der Waals surface area contributed by atoms with Crippen LogP contribution >= 0.6 is 11.3 Å². The maximum absolute atomic E-state index is 12.5. The van der Waals surface area contributed by atoms with Crippen LogP contribution in [0.15, 0.2) is 18.2 Å². The number of rotatable bonds is 9. The summed E-state index contributed by atoms with van der Waals surface area (Å²) in [4.78, 5) is 12.5. The highest BCUT2D eigenvalue weighted by Crippen LogP contribution is 2.40. The first kappa shape index (κ1) is 20.6. The molecule has 3 rings (SSSR count). The molecule has 0 aliphatic carbocycles. The van der Waals surface area contributed by atoms with Gasteiger partial charge in [0, 0.05) is 12.0 Å². The Hall–Kier alpha value is -3.14. The maximum atomic E-state index is 12.5. The van der Waals surface area contributed by atoms with Gasteiger partial charge in [0.05, 0.1) is 27.0 Å². The van der Waals surface area contributed by atoms with Crippen molar-refractivity contribution in [3.05, 3.63) is 28.9 Å². The topological polar surface area (TPSA) is 111 Å². The number of anilines is 1. The lowest BCUT2D eigenvalue weighted by atomic mass is 10.1. The predicted octanol–water partition coefficient (Wildman–Crippen LogP) is 3.55. The number of H-pyrrole nitrogens is 1. The molecule has 3 aromatic rings. The van der Waals surface area contributed by atoms with Crippen molar-refractivity contribution >= 4 is 22.4 Å². The normalized spacial score (nSPS) is 10.6. The molecule has 1 amide bonds. The zero-order chi connectivity index (χ0) is 20.8. The molecule has 10 heteroatoms. The molecular formula is C19H23N5O4S. The highest BCUT2D eigenvalue weighted by Gasteiger charge is 2.18. The molecule has 0 atom stereocenters. The lowest BCUT2D eigenvalue weighted by Gasteiger charge is -2.13. The van der Waals surface area contributed by atoms with Gasteiger partial charge in [0.15, 0.2) is 11.5 Å². The van der Waals surface area contributed by atoms with E-state index in [4.69, 9.17) is 14.2 Å². The molecule has 0 aliphatic heterocycles. The largest absolute Gasteiger partial charge is 0.493 e. The van der Waals surface area contributed by atoms with Gasteiger partial charge in [0.25, 0.3) is 5.91 Å². The average molecular weight is 417 g/mol. The molecule has 0 unspecified atom stereocenters. The van der Waals surface area contributed by atoms with Gasteiger partial charge < -0.3 is 14.2 Å². The molecular weight excluding hydrogens is 394 g/mol. The van der Waals surface area contributed by atoms with Crippen LogP contribution in [0.25, 0.3) is 11.3 Å². The van der Waals surface area contributed by atoms with Crippen molar-refractivity contribution in [3.8, 4) is 28.5 Å². The highest BCUT2D eigenvalue weighted by atomic mass is 32.1. The monoisotopic (exact) mass is 417 g/mol. The Balaban J connectivity index is 1.78. The molecule has 0 saturated heterocycles. The quantitative estimate of drug-likeness (QED) is 0.548.